The van der Waals surface area contributed by atoms with Gasteiger partial charge in [-0.2, -0.15) is 0 Å². The fraction of sp³-hybridized carbons (Fsp3) is 0.263. The number of ether oxygens (including phenoxy) is 1. The summed E-state index contributed by atoms with van der Waals surface area (Å²) in [4.78, 5) is 23.9. The number of nitrogens with one attached hydrogen (secondary N) is 3. The van der Waals surface area contributed by atoms with Crippen molar-refractivity contribution >= 4 is 17.5 Å². The van der Waals surface area contributed by atoms with E-state index in [1.54, 1.807) is 31.4 Å². The molecule has 0 radical (unpaired) electrons. The molecule has 2 rings (SSSR count). The first-order chi connectivity index (χ1) is 12.0. The van der Waals surface area contributed by atoms with Crippen LogP contribution in [0.1, 0.15) is 35.7 Å². The topological polar surface area (TPSA) is 79.5 Å². The second-order valence-corrected chi connectivity index (χ2v) is 5.83. The van der Waals surface area contributed by atoms with Crippen molar-refractivity contribution in [3.05, 3.63) is 59.7 Å². The zero-order valence-electron chi connectivity index (χ0n) is 14.6. The molecule has 132 valence electrons. The van der Waals surface area contributed by atoms with Gasteiger partial charge in [-0.3, -0.25) is 20.4 Å². The van der Waals surface area contributed by atoms with Crippen molar-refractivity contribution in [2.24, 2.45) is 0 Å². The van der Waals surface area contributed by atoms with Crippen LogP contribution in [0.2, 0.25) is 0 Å². The third-order valence-corrected chi connectivity index (χ3v) is 3.70. The van der Waals surface area contributed by atoms with Crippen molar-refractivity contribution in [1.29, 1.82) is 0 Å². The fourth-order valence-corrected chi connectivity index (χ4v) is 2.23. The lowest BCUT2D eigenvalue weighted by atomic mass is 10.0. The van der Waals surface area contributed by atoms with Crippen molar-refractivity contribution in [2.45, 2.75) is 19.8 Å². The number of hydrazine groups is 1. The number of benzene rings is 2. The first-order valence-electron chi connectivity index (χ1n) is 8.07. The molecule has 0 fully saturated rings. The first kappa shape index (κ1) is 18.3. The van der Waals surface area contributed by atoms with Crippen LogP contribution in [0.4, 0.5) is 5.69 Å². The minimum Gasteiger partial charge on any atom is -0.495 e. The van der Waals surface area contributed by atoms with Gasteiger partial charge in [0.25, 0.3) is 11.8 Å². The van der Waals surface area contributed by atoms with E-state index in [-0.39, 0.29) is 18.4 Å². The van der Waals surface area contributed by atoms with Crippen LogP contribution in [0.5, 0.6) is 5.75 Å². The molecule has 0 aliphatic rings. The molecule has 0 aromatic heterocycles. The third-order valence-electron chi connectivity index (χ3n) is 3.70. The molecule has 0 saturated carbocycles. The van der Waals surface area contributed by atoms with Gasteiger partial charge in [-0.25, -0.2) is 0 Å². The normalized spacial score (nSPS) is 10.2. The molecule has 0 heterocycles. The number of methoxy groups -OCH3 is 1. The van der Waals surface area contributed by atoms with Gasteiger partial charge >= 0.3 is 0 Å². The molecule has 25 heavy (non-hydrogen) atoms. The Bertz CT molecular complexity index is 727. The molecule has 6 heteroatoms. The summed E-state index contributed by atoms with van der Waals surface area (Å²) in [6, 6.07) is 14.6. The predicted molar refractivity (Wildman–Crippen MR) is 97.6 cm³/mol. The highest BCUT2D eigenvalue weighted by molar-refractivity contribution is 5.95. The summed E-state index contributed by atoms with van der Waals surface area (Å²) in [5.74, 6) is 0.321. The Balaban J connectivity index is 1.82. The molecule has 3 N–H and O–H groups in total. The molecule has 0 unspecified atom stereocenters. The lowest BCUT2D eigenvalue weighted by molar-refractivity contribution is -0.120. The van der Waals surface area contributed by atoms with Crippen molar-refractivity contribution in [2.75, 3.05) is 19.0 Å². The Morgan fingerprint density at radius 2 is 1.68 bits per heavy atom. The number of carbonyl (C=O) groups is 2. The monoisotopic (exact) mass is 341 g/mol. The quantitative estimate of drug-likeness (QED) is 0.706. The van der Waals surface area contributed by atoms with Gasteiger partial charge in [0, 0.05) is 5.56 Å². The Hall–Kier alpha value is -3.02. The average Bonchev–Trinajstić information content (AvgIpc) is 2.64. The maximum Gasteiger partial charge on any atom is 0.269 e. The molecule has 0 aliphatic heterocycles. The van der Waals surface area contributed by atoms with Crippen LogP contribution in [0.15, 0.2) is 48.5 Å². The van der Waals surface area contributed by atoms with E-state index in [2.05, 4.69) is 30.0 Å². The fourth-order valence-electron chi connectivity index (χ4n) is 2.23. The van der Waals surface area contributed by atoms with Crippen LogP contribution >= 0.6 is 0 Å². The van der Waals surface area contributed by atoms with Gasteiger partial charge in [-0.1, -0.05) is 38.1 Å². The summed E-state index contributed by atoms with van der Waals surface area (Å²) >= 11 is 0. The van der Waals surface area contributed by atoms with Gasteiger partial charge < -0.3 is 10.1 Å². The highest BCUT2D eigenvalue weighted by Gasteiger charge is 2.09. The number of amides is 2. The summed E-state index contributed by atoms with van der Waals surface area (Å²) < 4.78 is 5.20. The van der Waals surface area contributed by atoms with Crippen LogP contribution in [0, 0.1) is 0 Å². The van der Waals surface area contributed by atoms with Crippen LogP contribution < -0.4 is 20.9 Å². The van der Waals surface area contributed by atoms with Crippen LogP contribution in [0.3, 0.4) is 0 Å². The summed E-state index contributed by atoms with van der Waals surface area (Å²) in [5, 5.41) is 2.96. The van der Waals surface area contributed by atoms with E-state index >= 15 is 0 Å². The lowest BCUT2D eigenvalue weighted by Crippen LogP contribution is -2.44. The molecule has 0 spiro atoms. The van der Waals surface area contributed by atoms with E-state index in [0.717, 1.165) is 5.56 Å². The van der Waals surface area contributed by atoms with Crippen LogP contribution in [-0.2, 0) is 4.79 Å². The minimum absolute atomic E-state index is 0.00689. The summed E-state index contributed by atoms with van der Waals surface area (Å²) in [5.41, 5.74) is 7.13. The van der Waals surface area contributed by atoms with Gasteiger partial charge in [0.15, 0.2) is 0 Å². The van der Waals surface area contributed by atoms with E-state index in [9.17, 15) is 9.59 Å². The van der Waals surface area contributed by atoms with Gasteiger partial charge in [-0.05, 0) is 35.7 Å². The standard InChI is InChI=1S/C19H23N3O3/c1-13(2)14-8-10-15(11-9-14)19(24)22-21-18(23)12-20-16-6-4-5-7-17(16)25-3/h4-11,13,20H,12H2,1-3H3,(H,21,23)(H,22,24). The molecular weight excluding hydrogens is 318 g/mol. The van der Waals surface area contributed by atoms with Crippen LogP contribution in [0.25, 0.3) is 0 Å². The third kappa shape index (κ3) is 5.24. The summed E-state index contributed by atoms with van der Waals surface area (Å²) in [6.07, 6.45) is 0. The smallest absolute Gasteiger partial charge is 0.269 e. The number of hydrogen-bond donors (Lipinski definition) is 3. The van der Waals surface area contributed by atoms with Crippen molar-refractivity contribution < 1.29 is 14.3 Å². The number of hydrogen-bond acceptors (Lipinski definition) is 4. The molecule has 0 atom stereocenters. The molecular formula is C19H23N3O3. The van der Waals surface area contributed by atoms with E-state index in [1.165, 1.54) is 0 Å². The highest BCUT2D eigenvalue weighted by atomic mass is 16.5. The zero-order chi connectivity index (χ0) is 18.2. The average molecular weight is 341 g/mol. The maximum absolute atomic E-state index is 12.0. The molecule has 2 amide bonds. The Morgan fingerprint density at radius 1 is 1.00 bits per heavy atom. The summed E-state index contributed by atoms with van der Waals surface area (Å²) in [7, 11) is 1.56. The number of anilines is 1. The van der Waals surface area contributed by atoms with Gasteiger partial charge in [0.1, 0.15) is 5.75 Å². The van der Waals surface area contributed by atoms with Crippen molar-refractivity contribution in [3.63, 3.8) is 0 Å². The Labute approximate surface area is 147 Å². The van der Waals surface area contributed by atoms with Gasteiger partial charge in [0.05, 0.1) is 19.3 Å². The van der Waals surface area contributed by atoms with Crippen molar-refractivity contribution in [3.8, 4) is 5.75 Å². The number of carbonyl (C=O) groups excluding carboxylic acids is 2. The van der Waals surface area contributed by atoms with E-state index < -0.39 is 0 Å². The number of rotatable bonds is 6. The van der Waals surface area contributed by atoms with Gasteiger partial charge in [0.2, 0.25) is 0 Å². The van der Waals surface area contributed by atoms with Crippen LogP contribution in [-0.4, -0.2) is 25.5 Å². The van der Waals surface area contributed by atoms with Gasteiger partial charge in [-0.15, -0.1) is 0 Å². The SMILES string of the molecule is COc1ccccc1NCC(=O)NNC(=O)c1ccc(C(C)C)cc1. The Kier molecular flexibility index (Phi) is 6.39. The van der Waals surface area contributed by atoms with E-state index in [1.807, 2.05) is 24.3 Å². The Morgan fingerprint density at radius 3 is 2.32 bits per heavy atom. The molecule has 6 nitrogen and oxygen atoms in total. The zero-order valence-corrected chi connectivity index (χ0v) is 14.6. The minimum atomic E-state index is -0.363. The van der Waals surface area contributed by atoms with E-state index in [0.29, 0.717) is 22.9 Å². The maximum atomic E-state index is 12.0. The van der Waals surface area contributed by atoms with E-state index in [4.69, 9.17) is 4.74 Å². The first-order valence-corrected chi connectivity index (χ1v) is 8.07. The second-order valence-electron chi connectivity index (χ2n) is 5.83. The highest BCUT2D eigenvalue weighted by Crippen LogP contribution is 2.22. The molecule has 2 aromatic carbocycles. The largest absolute Gasteiger partial charge is 0.495 e. The lowest BCUT2D eigenvalue weighted by Gasteiger charge is -2.12. The van der Waals surface area contributed by atoms with Crippen molar-refractivity contribution in [1.82, 2.24) is 10.9 Å². The molecule has 0 bridgehead atoms. The molecule has 2 aromatic rings. The summed E-state index contributed by atoms with van der Waals surface area (Å²) in [6.45, 7) is 4.18. The predicted octanol–water partition coefficient (Wildman–Crippen LogP) is 2.69. The number of para-hydroxylation sites is 2. The molecule has 0 aliphatic carbocycles. The second kappa shape index (κ2) is 8.73. The molecule has 0 saturated heterocycles.